The molecule has 0 unspecified atom stereocenters. The first-order valence-corrected chi connectivity index (χ1v) is 5.95. The molecule has 102 valence electrons. The molecule has 1 aromatic rings. The molecule has 1 aliphatic heterocycles. The molecular formula is C13H21ClN2O2. The van der Waals surface area contributed by atoms with Gasteiger partial charge in [-0.1, -0.05) is 0 Å². The zero-order valence-corrected chi connectivity index (χ0v) is 11.9. The van der Waals surface area contributed by atoms with Crippen LogP contribution in [-0.2, 0) is 0 Å². The summed E-state index contributed by atoms with van der Waals surface area (Å²) in [6.07, 6.45) is 0. The fraction of sp³-hybridized carbons (Fsp3) is 0.538. The molecular weight excluding hydrogens is 252 g/mol. The third-order valence-corrected chi connectivity index (χ3v) is 3.43. The number of methoxy groups -OCH3 is 1. The SMILES string of the molecule is COc1cc(O)cc(N2CC[N+](C)(C)CC2)c1.[Cl-]. The highest BCUT2D eigenvalue weighted by atomic mass is 35.5. The zero-order chi connectivity index (χ0) is 12.5. The van der Waals surface area contributed by atoms with Crippen molar-refractivity contribution < 1.29 is 26.7 Å². The Morgan fingerprint density at radius 3 is 2.33 bits per heavy atom. The average molecular weight is 273 g/mol. The van der Waals surface area contributed by atoms with Gasteiger partial charge in [0, 0.05) is 23.9 Å². The van der Waals surface area contributed by atoms with E-state index in [4.69, 9.17) is 4.74 Å². The van der Waals surface area contributed by atoms with E-state index in [1.807, 2.05) is 6.07 Å². The summed E-state index contributed by atoms with van der Waals surface area (Å²) in [5.74, 6) is 0.970. The largest absolute Gasteiger partial charge is 1.00 e. The van der Waals surface area contributed by atoms with Crippen LogP contribution in [0.4, 0.5) is 5.69 Å². The van der Waals surface area contributed by atoms with E-state index < -0.39 is 0 Å². The maximum atomic E-state index is 9.65. The van der Waals surface area contributed by atoms with E-state index in [-0.39, 0.29) is 18.2 Å². The number of nitrogens with zero attached hydrogens (tertiary/aromatic N) is 2. The number of aromatic hydroxyl groups is 1. The predicted octanol–water partition coefficient (Wildman–Crippen LogP) is -1.70. The lowest BCUT2D eigenvalue weighted by Crippen LogP contribution is -3.00. The van der Waals surface area contributed by atoms with E-state index in [1.165, 1.54) is 0 Å². The van der Waals surface area contributed by atoms with Crippen LogP contribution in [0.25, 0.3) is 0 Å². The number of phenolic OH excluding ortho intramolecular Hbond substituents is 1. The van der Waals surface area contributed by atoms with Gasteiger partial charge >= 0.3 is 0 Å². The molecule has 5 heteroatoms. The minimum Gasteiger partial charge on any atom is -1.00 e. The van der Waals surface area contributed by atoms with Crippen molar-refractivity contribution in [1.82, 2.24) is 0 Å². The quantitative estimate of drug-likeness (QED) is 0.652. The fourth-order valence-corrected chi connectivity index (χ4v) is 2.13. The summed E-state index contributed by atoms with van der Waals surface area (Å²) in [4.78, 5) is 2.30. The molecule has 2 rings (SSSR count). The molecule has 0 aliphatic carbocycles. The summed E-state index contributed by atoms with van der Waals surface area (Å²) in [5, 5.41) is 9.65. The smallest absolute Gasteiger partial charge is 0.124 e. The van der Waals surface area contributed by atoms with Gasteiger partial charge in [0.05, 0.1) is 47.4 Å². The number of likely N-dealkylation sites (N-methyl/N-ethyl adjacent to an activating group) is 1. The third-order valence-electron chi connectivity index (χ3n) is 3.43. The Labute approximate surface area is 115 Å². The molecule has 1 aromatic carbocycles. The number of benzene rings is 1. The number of halogens is 1. The number of ether oxygens (including phenoxy) is 1. The summed E-state index contributed by atoms with van der Waals surface area (Å²) in [7, 11) is 6.12. The van der Waals surface area contributed by atoms with Crippen LogP contribution in [0.15, 0.2) is 18.2 Å². The molecule has 0 spiro atoms. The molecule has 0 saturated carbocycles. The van der Waals surface area contributed by atoms with E-state index in [1.54, 1.807) is 19.2 Å². The van der Waals surface area contributed by atoms with Crippen molar-refractivity contribution in [3.05, 3.63) is 18.2 Å². The van der Waals surface area contributed by atoms with Gasteiger partial charge < -0.3 is 31.6 Å². The first-order chi connectivity index (χ1) is 8.00. The van der Waals surface area contributed by atoms with Gasteiger partial charge in [-0.3, -0.25) is 0 Å². The fourth-order valence-electron chi connectivity index (χ4n) is 2.13. The standard InChI is InChI=1S/C13H20N2O2.ClH/c1-15(2)6-4-14(5-7-15)11-8-12(16)10-13(9-11)17-3;/h8-10H,4-7H2,1-3H3;1H. The van der Waals surface area contributed by atoms with Crippen molar-refractivity contribution in [2.45, 2.75) is 0 Å². The average Bonchev–Trinajstić information content (AvgIpc) is 2.28. The summed E-state index contributed by atoms with van der Waals surface area (Å²) in [6.45, 7) is 4.27. The lowest BCUT2D eigenvalue weighted by Gasteiger charge is -2.40. The van der Waals surface area contributed by atoms with Crippen molar-refractivity contribution in [3.8, 4) is 11.5 Å². The number of hydrogen-bond acceptors (Lipinski definition) is 3. The van der Waals surface area contributed by atoms with Gasteiger partial charge in [-0.15, -0.1) is 0 Å². The van der Waals surface area contributed by atoms with Gasteiger partial charge in [-0.2, -0.15) is 0 Å². The third kappa shape index (κ3) is 3.43. The summed E-state index contributed by atoms with van der Waals surface area (Å²) >= 11 is 0. The molecule has 18 heavy (non-hydrogen) atoms. The lowest BCUT2D eigenvalue weighted by molar-refractivity contribution is -0.890. The number of anilines is 1. The normalized spacial score (nSPS) is 18.1. The van der Waals surface area contributed by atoms with E-state index in [9.17, 15) is 5.11 Å². The Hall–Kier alpha value is -1.13. The lowest BCUT2D eigenvalue weighted by atomic mass is 10.2. The highest BCUT2D eigenvalue weighted by Gasteiger charge is 2.24. The second-order valence-electron chi connectivity index (χ2n) is 5.26. The molecule has 0 aromatic heterocycles. The van der Waals surface area contributed by atoms with Gasteiger partial charge in [-0.05, 0) is 0 Å². The molecule has 0 atom stereocenters. The van der Waals surface area contributed by atoms with Gasteiger partial charge in [0.25, 0.3) is 0 Å². The number of quaternary nitrogens is 1. The number of piperazine rings is 1. The number of rotatable bonds is 2. The van der Waals surface area contributed by atoms with Crippen LogP contribution < -0.4 is 22.0 Å². The second kappa shape index (κ2) is 5.67. The van der Waals surface area contributed by atoms with Crippen LogP contribution >= 0.6 is 0 Å². The molecule has 1 saturated heterocycles. The van der Waals surface area contributed by atoms with Crippen LogP contribution in [0.3, 0.4) is 0 Å². The maximum Gasteiger partial charge on any atom is 0.124 e. The summed E-state index contributed by atoms with van der Waals surface area (Å²) in [5.41, 5.74) is 1.04. The first-order valence-electron chi connectivity index (χ1n) is 5.95. The Morgan fingerprint density at radius 2 is 1.78 bits per heavy atom. The van der Waals surface area contributed by atoms with Crippen LogP contribution in [0, 0.1) is 0 Å². The second-order valence-corrected chi connectivity index (χ2v) is 5.26. The highest BCUT2D eigenvalue weighted by molar-refractivity contribution is 5.55. The highest BCUT2D eigenvalue weighted by Crippen LogP contribution is 2.28. The summed E-state index contributed by atoms with van der Waals surface area (Å²) < 4.78 is 6.24. The first kappa shape index (κ1) is 14.9. The molecule has 1 aliphatic rings. The molecule has 1 N–H and O–H groups in total. The van der Waals surface area contributed by atoms with Crippen LogP contribution in [0.1, 0.15) is 0 Å². The minimum atomic E-state index is 0. The van der Waals surface area contributed by atoms with Crippen molar-refractivity contribution in [2.75, 3.05) is 52.3 Å². The Morgan fingerprint density at radius 1 is 1.17 bits per heavy atom. The van der Waals surface area contributed by atoms with Gasteiger partial charge in [0.2, 0.25) is 0 Å². The van der Waals surface area contributed by atoms with Crippen LogP contribution in [0.2, 0.25) is 0 Å². The van der Waals surface area contributed by atoms with E-state index in [0.29, 0.717) is 5.75 Å². The molecule has 0 amide bonds. The van der Waals surface area contributed by atoms with Gasteiger partial charge in [0.1, 0.15) is 11.5 Å². The number of phenols is 1. The molecule has 0 bridgehead atoms. The van der Waals surface area contributed by atoms with Crippen molar-refractivity contribution in [1.29, 1.82) is 0 Å². The molecule has 0 radical (unpaired) electrons. The molecule has 4 nitrogen and oxygen atoms in total. The molecule has 1 fully saturated rings. The van der Waals surface area contributed by atoms with Crippen molar-refractivity contribution in [3.63, 3.8) is 0 Å². The van der Waals surface area contributed by atoms with Crippen LogP contribution in [-0.4, -0.2) is 57.0 Å². The predicted molar refractivity (Wildman–Crippen MR) is 68.7 cm³/mol. The zero-order valence-electron chi connectivity index (χ0n) is 11.2. The number of hydrogen-bond donors (Lipinski definition) is 1. The van der Waals surface area contributed by atoms with Gasteiger partial charge in [0.15, 0.2) is 0 Å². The van der Waals surface area contributed by atoms with Crippen LogP contribution in [0.5, 0.6) is 11.5 Å². The Balaban J connectivity index is 0.00000162. The Bertz CT molecular complexity index is 400. The van der Waals surface area contributed by atoms with E-state index in [2.05, 4.69) is 19.0 Å². The molecule has 1 heterocycles. The van der Waals surface area contributed by atoms with Gasteiger partial charge in [-0.25, -0.2) is 0 Å². The summed E-state index contributed by atoms with van der Waals surface area (Å²) in [6, 6.07) is 5.41. The minimum absolute atomic E-state index is 0. The van der Waals surface area contributed by atoms with E-state index in [0.717, 1.165) is 36.3 Å². The maximum absolute atomic E-state index is 9.65. The Kier molecular flexibility index (Phi) is 4.71. The van der Waals surface area contributed by atoms with Crippen molar-refractivity contribution in [2.24, 2.45) is 0 Å². The monoisotopic (exact) mass is 272 g/mol. The topological polar surface area (TPSA) is 32.7 Å². The van der Waals surface area contributed by atoms with Crippen molar-refractivity contribution >= 4 is 5.69 Å². The van der Waals surface area contributed by atoms with E-state index >= 15 is 0 Å².